The summed E-state index contributed by atoms with van der Waals surface area (Å²) in [5.41, 5.74) is 1.14. The fraction of sp³-hybridized carbons (Fsp3) is 0.600. The van der Waals surface area contributed by atoms with Crippen LogP contribution in [0.4, 0.5) is 4.79 Å². The van der Waals surface area contributed by atoms with Crippen LogP contribution < -0.4 is 15.4 Å². The van der Waals surface area contributed by atoms with E-state index in [4.69, 9.17) is 14.2 Å². The second-order valence-corrected chi connectivity index (χ2v) is 6.52. The standard InChI is InChI=1S/C20H32N4O4/c1-4-27-20(25)24-11-9-17(10-12-24)23-19(21-2)22-15-16-5-7-18(8-6-16)28-14-13-26-3/h5-8,17H,4,9-15H2,1-3H3,(H2,21,22,23). The van der Waals surface area contributed by atoms with Crippen LogP contribution in [0.15, 0.2) is 29.3 Å². The molecule has 1 saturated heterocycles. The van der Waals surface area contributed by atoms with E-state index < -0.39 is 0 Å². The maximum absolute atomic E-state index is 11.8. The number of nitrogens with zero attached hydrogens (tertiary/aromatic N) is 2. The molecule has 1 aliphatic rings. The van der Waals surface area contributed by atoms with E-state index in [0.29, 0.717) is 39.5 Å². The van der Waals surface area contributed by atoms with Crippen LogP contribution in [-0.4, -0.2) is 70.1 Å². The summed E-state index contributed by atoms with van der Waals surface area (Å²) in [7, 11) is 3.42. The summed E-state index contributed by atoms with van der Waals surface area (Å²) in [4.78, 5) is 17.8. The molecule has 0 spiro atoms. The number of hydrogen-bond donors (Lipinski definition) is 2. The number of methoxy groups -OCH3 is 1. The van der Waals surface area contributed by atoms with Gasteiger partial charge in [-0.05, 0) is 37.5 Å². The second kappa shape index (κ2) is 12.1. The molecule has 8 nitrogen and oxygen atoms in total. The van der Waals surface area contributed by atoms with Gasteiger partial charge in [0.2, 0.25) is 0 Å². The fourth-order valence-electron chi connectivity index (χ4n) is 2.94. The second-order valence-electron chi connectivity index (χ2n) is 6.52. The number of carbonyl (C=O) groups excluding carboxylic acids is 1. The Morgan fingerprint density at radius 2 is 1.93 bits per heavy atom. The van der Waals surface area contributed by atoms with Crippen molar-refractivity contribution in [3.8, 4) is 5.75 Å². The van der Waals surface area contributed by atoms with Crippen LogP contribution in [0, 0.1) is 0 Å². The number of benzene rings is 1. The van der Waals surface area contributed by atoms with Crippen LogP contribution in [0.3, 0.4) is 0 Å². The molecule has 0 bridgehead atoms. The molecule has 0 atom stereocenters. The summed E-state index contributed by atoms with van der Waals surface area (Å²) in [5.74, 6) is 1.59. The molecule has 0 unspecified atom stereocenters. The minimum Gasteiger partial charge on any atom is -0.491 e. The van der Waals surface area contributed by atoms with E-state index in [2.05, 4.69) is 15.6 Å². The van der Waals surface area contributed by atoms with Crippen molar-refractivity contribution < 1.29 is 19.0 Å². The molecule has 1 aromatic carbocycles. The van der Waals surface area contributed by atoms with E-state index >= 15 is 0 Å². The van der Waals surface area contributed by atoms with E-state index in [1.54, 1.807) is 19.1 Å². The highest BCUT2D eigenvalue weighted by Gasteiger charge is 2.23. The predicted molar refractivity (Wildman–Crippen MR) is 109 cm³/mol. The largest absolute Gasteiger partial charge is 0.491 e. The molecule has 2 rings (SSSR count). The van der Waals surface area contributed by atoms with E-state index in [9.17, 15) is 4.79 Å². The molecule has 1 aromatic rings. The van der Waals surface area contributed by atoms with Crippen molar-refractivity contribution >= 4 is 12.1 Å². The van der Waals surface area contributed by atoms with Crippen LogP contribution in [0.25, 0.3) is 0 Å². The van der Waals surface area contributed by atoms with Crippen LogP contribution in [0.5, 0.6) is 5.75 Å². The molecule has 0 aliphatic carbocycles. The van der Waals surface area contributed by atoms with Crippen LogP contribution in [-0.2, 0) is 16.0 Å². The number of nitrogens with one attached hydrogen (secondary N) is 2. The Balaban J connectivity index is 1.72. The van der Waals surface area contributed by atoms with Gasteiger partial charge in [-0.15, -0.1) is 0 Å². The highest BCUT2D eigenvalue weighted by molar-refractivity contribution is 5.80. The van der Waals surface area contributed by atoms with Crippen molar-refractivity contribution in [1.82, 2.24) is 15.5 Å². The molecule has 0 aromatic heterocycles. The summed E-state index contributed by atoms with van der Waals surface area (Å²) in [6.07, 6.45) is 1.51. The molecule has 28 heavy (non-hydrogen) atoms. The number of ether oxygens (including phenoxy) is 3. The highest BCUT2D eigenvalue weighted by Crippen LogP contribution is 2.13. The zero-order valence-electron chi connectivity index (χ0n) is 17.1. The number of hydrogen-bond acceptors (Lipinski definition) is 5. The van der Waals surface area contributed by atoms with Crippen LogP contribution >= 0.6 is 0 Å². The van der Waals surface area contributed by atoms with Gasteiger partial charge >= 0.3 is 6.09 Å². The Morgan fingerprint density at radius 1 is 1.21 bits per heavy atom. The van der Waals surface area contributed by atoms with Gasteiger partial charge in [-0.1, -0.05) is 12.1 Å². The Morgan fingerprint density at radius 3 is 2.54 bits per heavy atom. The smallest absolute Gasteiger partial charge is 0.409 e. The summed E-state index contributed by atoms with van der Waals surface area (Å²) in [6, 6.07) is 8.25. The first-order valence-corrected chi connectivity index (χ1v) is 9.75. The van der Waals surface area contributed by atoms with Crippen molar-refractivity contribution in [1.29, 1.82) is 0 Å². The number of piperidine rings is 1. The average molecular weight is 393 g/mol. The van der Waals surface area contributed by atoms with E-state index in [1.807, 2.05) is 31.2 Å². The quantitative estimate of drug-likeness (QED) is 0.400. The number of carbonyl (C=O) groups is 1. The lowest BCUT2D eigenvalue weighted by Crippen LogP contribution is -2.49. The van der Waals surface area contributed by atoms with Gasteiger partial charge in [-0.25, -0.2) is 4.79 Å². The first-order chi connectivity index (χ1) is 13.7. The molecule has 1 heterocycles. The maximum Gasteiger partial charge on any atom is 0.409 e. The topological polar surface area (TPSA) is 84.4 Å². The molecular weight excluding hydrogens is 360 g/mol. The van der Waals surface area contributed by atoms with Crippen molar-refractivity contribution in [3.63, 3.8) is 0 Å². The molecule has 2 N–H and O–H groups in total. The van der Waals surface area contributed by atoms with Gasteiger partial charge in [0.05, 0.1) is 13.2 Å². The number of amides is 1. The third kappa shape index (κ3) is 7.26. The zero-order valence-corrected chi connectivity index (χ0v) is 17.1. The van der Waals surface area contributed by atoms with Gasteiger partial charge < -0.3 is 29.7 Å². The van der Waals surface area contributed by atoms with Gasteiger partial charge in [0, 0.05) is 39.8 Å². The first kappa shape index (κ1) is 21.8. The number of aliphatic imine (C=N–C) groups is 1. The Bertz CT molecular complexity index is 613. The van der Waals surface area contributed by atoms with Crippen LogP contribution in [0.2, 0.25) is 0 Å². The minimum absolute atomic E-state index is 0.224. The van der Waals surface area contributed by atoms with Gasteiger partial charge in [0.15, 0.2) is 5.96 Å². The minimum atomic E-state index is -0.224. The summed E-state index contributed by atoms with van der Waals surface area (Å²) >= 11 is 0. The van der Waals surface area contributed by atoms with Gasteiger partial charge in [-0.3, -0.25) is 4.99 Å². The Kier molecular flexibility index (Phi) is 9.41. The van der Waals surface area contributed by atoms with Crippen molar-refractivity contribution in [2.75, 3.05) is 47.1 Å². The summed E-state index contributed by atoms with van der Waals surface area (Å²) < 4.78 is 15.6. The third-order valence-electron chi connectivity index (χ3n) is 4.52. The van der Waals surface area contributed by atoms with Crippen LogP contribution in [0.1, 0.15) is 25.3 Å². The molecule has 0 radical (unpaired) electrons. The lowest BCUT2D eigenvalue weighted by molar-refractivity contribution is 0.0963. The molecule has 8 heteroatoms. The third-order valence-corrected chi connectivity index (χ3v) is 4.52. The van der Waals surface area contributed by atoms with Gasteiger partial charge in [0.1, 0.15) is 12.4 Å². The van der Waals surface area contributed by atoms with Gasteiger partial charge in [0.25, 0.3) is 0 Å². The molecule has 1 amide bonds. The van der Waals surface area contributed by atoms with Crippen molar-refractivity contribution in [2.24, 2.45) is 4.99 Å². The number of guanidine groups is 1. The van der Waals surface area contributed by atoms with Gasteiger partial charge in [-0.2, -0.15) is 0 Å². The van der Waals surface area contributed by atoms with E-state index in [1.165, 1.54) is 0 Å². The summed E-state index contributed by atoms with van der Waals surface area (Å²) in [5, 5.41) is 6.77. The summed E-state index contributed by atoms with van der Waals surface area (Å²) in [6.45, 7) is 5.40. The molecule has 1 fully saturated rings. The van der Waals surface area contributed by atoms with Crippen molar-refractivity contribution in [2.45, 2.75) is 32.4 Å². The predicted octanol–water partition coefficient (Wildman–Crippen LogP) is 2.00. The zero-order chi connectivity index (χ0) is 20.2. The first-order valence-electron chi connectivity index (χ1n) is 9.75. The number of rotatable bonds is 8. The normalized spacial score (nSPS) is 15.2. The molecule has 1 aliphatic heterocycles. The lowest BCUT2D eigenvalue weighted by atomic mass is 10.1. The highest BCUT2D eigenvalue weighted by atomic mass is 16.6. The SMILES string of the molecule is CCOC(=O)N1CCC(NC(=NC)NCc2ccc(OCCOC)cc2)CC1. The lowest BCUT2D eigenvalue weighted by Gasteiger charge is -2.32. The van der Waals surface area contributed by atoms with Crippen molar-refractivity contribution in [3.05, 3.63) is 29.8 Å². The average Bonchev–Trinajstić information content (AvgIpc) is 2.73. The Labute approximate surface area is 167 Å². The molecule has 156 valence electrons. The van der Waals surface area contributed by atoms with E-state index in [-0.39, 0.29) is 12.1 Å². The maximum atomic E-state index is 11.8. The Hall–Kier alpha value is -2.48. The number of likely N-dealkylation sites (tertiary alicyclic amines) is 1. The molecule has 0 saturated carbocycles. The van der Waals surface area contributed by atoms with E-state index in [0.717, 1.165) is 30.1 Å². The molecular formula is C20H32N4O4. The monoisotopic (exact) mass is 392 g/mol. The fourth-order valence-corrected chi connectivity index (χ4v) is 2.94.